The molecule has 6 nitrogen and oxygen atoms in total. The lowest BCUT2D eigenvalue weighted by Gasteiger charge is -2.06. The van der Waals surface area contributed by atoms with Crippen molar-refractivity contribution in [3.63, 3.8) is 0 Å². The van der Waals surface area contributed by atoms with Crippen LogP contribution in [-0.2, 0) is 11.2 Å². The zero-order valence-corrected chi connectivity index (χ0v) is 12.0. The summed E-state index contributed by atoms with van der Waals surface area (Å²) in [6.45, 7) is 3.83. The second-order valence-corrected chi connectivity index (χ2v) is 4.49. The number of rotatable bonds is 5. The molecule has 0 unspecified atom stereocenters. The molecule has 2 N–H and O–H groups in total. The summed E-state index contributed by atoms with van der Waals surface area (Å²) in [6.07, 6.45) is 0.289. The minimum atomic E-state index is -0.484. The lowest BCUT2D eigenvalue weighted by atomic mass is 10.0. The molecule has 0 saturated heterocycles. The van der Waals surface area contributed by atoms with Crippen LogP contribution in [0.15, 0.2) is 35.5 Å². The minimum Gasteiger partial charge on any atom is -0.461 e. The van der Waals surface area contributed by atoms with Crippen LogP contribution in [0.5, 0.6) is 0 Å². The van der Waals surface area contributed by atoms with Gasteiger partial charge in [-0.1, -0.05) is 35.5 Å². The topological polar surface area (TPSA) is 87.6 Å². The summed E-state index contributed by atoms with van der Waals surface area (Å²) in [4.78, 5) is 11.9. The maximum atomic E-state index is 11.9. The highest BCUT2D eigenvalue weighted by atomic mass is 16.5. The van der Waals surface area contributed by atoms with Gasteiger partial charge in [-0.15, -0.1) is 0 Å². The molecule has 0 aliphatic carbocycles. The molecule has 0 radical (unpaired) electrons. The maximum absolute atomic E-state index is 11.9. The van der Waals surface area contributed by atoms with Gasteiger partial charge in [-0.2, -0.15) is 5.10 Å². The zero-order valence-electron chi connectivity index (χ0n) is 12.0. The molecule has 0 saturated carbocycles. The monoisotopic (exact) mass is 287 g/mol. The van der Waals surface area contributed by atoms with Gasteiger partial charge in [0, 0.05) is 17.7 Å². The van der Waals surface area contributed by atoms with Gasteiger partial charge >= 0.3 is 5.97 Å². The number of carbonyl (C=O) groups is 1. The second kappa shape index (κ2) is 6.69. The molecule has 110 valence electrons. The zero-order chi connectivity index (χ0) is 15.2. The molecule has 1 heterocycles. The Hall–Kier alpha value is -2.63. The Morgan fingerprint density at radius 2 is 2.10 bits per heavy atom. The van der Waals surface area contributed by atoms with Crippen molar-refractivity contribution in [2.24, 2.45) is 5.16 Å². The molecule has 1 aromatic heterocycles. The average molecular weight is 287 g/mol. The average Bonchev–Trinajstić information content (AvgIpc) is 2.87. The van der Waals surface area contributed by atoms with Crippen LogP contribution in [-0.4, -0.2) is 33.7 Å². The van der Waals surface area contributed by atoms with Gasteiger partial charge in [0.05, 0.1) is 12.3 Å². The van der Waals surface area contributed by atoms with Crippen LogP contribution in [0.2, 0.25) is 0 Å². The van der Waals surface area contributed by atoms with E-state index in [1.807, 2.05) is 37.3 Å². The summed E-state index contributed by atoms with van der Waals surface area (Å²) in [5, 5.41) is 19.3. The van der Waals surface area contributed by atoms with Gasteiger partial charge in [0.15, 0.2) is 5.69 Å². The summed E-state index contributed by atoms with van der Waals surface area (Å²) in [5.74, 6) is -0.484. The summed E-state index contributed by atoms with van der Waals surface area (Å²) >= 11 is 0. The van der Waals surface area contributed by atoms with Crippen LogP contribution < -0.4 is 0 Å². The number of nitrogens with zero attached hydrogens (tertiary/aromatic N) is 2. The molecule has 6 heteroatoms. The van der Waals surface area contributed by atoms with Gasteiger partial charge in [-0.25, -0.2) is 4.79 Å². The first-order valence-corrected chi connectivity index (χ1v) is 6.64. The van der Waals surface area contributed by atoms with E-state index in [4.69, 9.17) is 4.74 Å². The van der Waals surface area contributed by atoms with Crippen LogP contribution >= 0.6 is 0 Å². The first-order chi connectivity index (χ1) is 10.2. The molecular formula is C15H17N3O3. The lowest BCUT2D eigenvalue weighted by molar-refractivity contribution is 0.0518. The van der Waals surface area contributed by atoms with E-state index in [0.29, 0.717) is 11.3 Å². The molecule has 0 aliphatic heterocycles. The Labute approximate surface area is 122 Å². The van der Waals surface area contributed by atoms with Crippen LogP contribution in [0.25, 0.3) is 0 Å². The normalized spacial score (nSPS) is 11.4. The Balaban J connectivity index is 2.31. The Morgan fingerprint density at radius 3 is 2.71 bits per heavy atom. The molecule has 0 fully saturated rings. The third-order valence-electron chi connectivity index (χ3n) is 3.11. The van der Waals surface area contributed by atoms with Crippen molar-refractivity contribution < 1.29 is 14.7 Å². The molecule has 0 spiro atoms. The number of H-pyrrole nitrogens is 1. The summed E-state index contributed by atoms with van der Waals surface area (Å²) < 4.78 is 4.98. The Morgan fingerprint density at radius 1 is 1.38 bits per heavy atom. The van der Waals surface area contributed by atoms with Crippen molar-refractivity contribution in [2.75, 3.05) is 6.61 Å². The fraction of sp³-hybridized carbons (Fsp3) is 0.267. The van der Waals surface area contributed by atoms with Crippen molar-refractivity contribution >= 4 is 11.7 Å². The van der Waals surface area contributed by atoms with Crippen molar-refractivity contribution in [3.05, 3.63) is 52.8 Å². The van der Waals surface area contributed by atoms with Crippen LogP contribution in [0.3, 0.4) is 0 Å². The molecule has 2 aromatic rings. The maximum Gasteiger partial charge on any atom is 0.359 e. The van der Waals surface area contributed by atoms with E-state index in [1.165, 1.54) is 0 Å². The van der Waals surface area contributed by atoms with Crippen molar-refractivity contribution in [1.82, 2.24) is 10.2 Å². The number of aromatic nitrogens is 2. The first kappa shape index (κ1) is 14.8. The Kier molecular flexibility index (Phi) is 4.71. The number of esters is 1. The highest BCUT2D eigenvalue weighted by Crippen LogP contribution is 2.16. The van der Waals surface area contributed by atoms with Gasteiger partial charge < -0.3 is 9.94 Å². The second-order valence-electron chi connectivity index (χ2n) is 4.49. The van der Waals surface area contributed by atoms with E-state index >= 15 is 0 Å². The highest BCUT2D eigenvalue weighted by molar-refractivity contribution is 6.03. The third-order valence-corrected chi connectivity index (χ3v) is 3.11. The number of aromatic amines is 1. The predicted molar refractivity (Wildman–Crippen MR) is 77.8 cm³/mol. The fourth-order valence-corrected chi connectivity index (χ4v) is 2.03. The minimum absolute atomic E-state index is 0.228. The van der Waals surface area contributed by atoms with Gasteiger partial charge in [-0.05, 0) is 19.4 Å². The molecule has 2 rings (SSSR count). The van der Waals surface area contributed by atoms with E-state index in [-0.39, 0.29) is 18.7 Å². The number of hydrogen-bond acceptors (Lipinski definition) is 5. The van der Waals surface area contributed by atoms with Gasteiger partial charge in [0.1, 0.15) is 0 Å². The summed E-state index contributed by atoms with van der Waals surface area (Å²) in [7, 11) is 0. The van der Waals surface area contributed by atoms with E-state index in [1.54, 1.807) is 6.92 Å². The molecule has 0 aliphatic rings. The lowest BCUT2D eigenvalue weighted by Crippen LogP contribution is -2.12. The first-order valence-electron chi connectivity index (χ1n) is 6.64. The number of ether oxygens (including phenoxy) is 1. The van der Waals surface area contributed by atoms with Crippen molar-refractivity contribution in [1.29, 1.82) is 0 Å². The molecule has 1 aromatic carbocycles. The molecular weight excluding hydrogens is 270 g/mol. The largest absolute Gasteiger partial charge is 0.461 e. The molecule has 21 heavy (non-hydrogen) atoms. The van der Waals surface area contributed by atoms with E-state index < -0.39 is 5.97 Å². The molecule has 0 amide bonds. The quantitative estimate of drug-likeness (QED) is 0.382. The van der Waals surface area contributed by atoms with E-state index in [0.717, 1.165) is 11.3 Å². The van der Waals surface area contributed by atoms with Crippen molar-refractivity contribution in [3.8, 4) is 0 Å². The number of carbonyl (C=O) groups excluding carboxylic acids is 1. The summed E-state index contributed by atoms with van der Waals surface area (Å²) in [5.41, 5.74) is 2.90. The van der Waals surface area contributed by atoms with Crippen LogP contribution in [0, 0.1) is 6.92 Å². The van der Waals surface area contributed by atoms with E-state index in [2.05, 4.69) is 15.4 Å². The third kappa shape index (κ3) is 3.28. The van der Waals surface area contributed by atoms with Gasteiger partial charge in [-0.3, -0.25) is 5.10 Å². The number of hydrogen-bond donors (Lipinski definition) is 2. The predicted octanol–water partition coefficient (Wildman–Crippen LogP) is 2.32. The number of aryl methyl sites for hydroxylation is 1. The van der Waals surface area contributed by atoms with Crippen LogP contribution in [0.1, 0.15) is 34.2 Å². The number of benzene rings is 1. The molecule has 0 bridgehead atoms. The SMILES string of the molecule is CCOC(=O)c1n[nH]c(C)c1C/C(=N\O)c1ccccc1. The highest BCUT2D eigenvalue weighted by Gasteiger charge is 2.20. The molecule has 0 atom stereocenters. The Bertz CT molecular complexity index is 647. The van der Waals surface area contributed by atoms with Crippen LogP contribution in [0.4, 0.5) is 0 Å². The van der Waals surface area contributed by atoms with Gasteiger partial charge in [0.25, 0.3) is 0 Å². The van der Waals surface area contributed by atoms with Gasteiger partial charge in [0.2, 0.25) is 0 Å². The fourth-order valence-electron chi connectivity index (χ4n) is 2.03. The standard InChI is InChI=1S/C15H17N3O3/c1-3-21-15(19)14-12(10(2)16-17-14)9-13(18-20)11-7-5-4-6-8-11/h4-8,20H,3,9H2,1-2H3,(H,16,17)/b18-13+. The van der Waals surface area contributed by atoms with Crippen molar-refractivity contribution in [2.45, 2.75) is 20.3 Å². The number of nitrogens with one attached hydrogen (secondary N) is 1. The number of oxime groups is 1. The van der Waals surface area contributed by atoms with E-state index in [9.17, 15) is 10.0 Å². The summed E-state index contributed by atoms with van der Waals surface area (Å²) in [6, 6.07) is 9.28. The smallest absolute Gasteiger partial charge is 0.359 e.